The monoisotopic (exact) mass is 340 g/mol. The standard InChI is InChI=1S/C20H24N2O3/c1-3-7-15-12-22(13-16(15)20(24)25)19(23)18-11-10-17(21(18)2)14-8-5-4-6-9-14/h4-6,8-11,15-16H,3,7,12-13H2,1-2H3,(H,24,25)/t15-,16-/m1/s1. The van der Waals surface area contributed by atoms with Crippen LogP contribution in [-0.2, 0) is 11.8 Å². The summed E-state index contributed by atoms with van der Waals surface area (Å²) < 4.78 is 1.89. The molecule has 1 aliphatic rings. The van der Waals surface area contributed by atoms with Crippen molar-refractivity contribution in [2.45, 2.75) is 19.8 Å². The van der Waals surface area contributed by atoms with Crippen LogP contribution in [0.25, 0.3) is 11.3 Å². The smallest absolute Gasteiger partial charge is 0.308 e. The van der Waals surface area contributed by atoms with E-state index in [1.807, 2.05) is 61.0 Å². The van der Waals surface area contributed by atoms with Crippen LogP contribution in [0.5, 0.6) is 0 Å². The Bertz CT molecular complexity index is 767. The van der Waals surface area contributed by atoms with Crippen LogP contribution in [0.15, 0.2) is 42.5 Å². The quantitative estimate of drug-likeness (QED) is 0.909. The number of carbonyl (C=O) groups is 2. The summed E-state index contributed by atoms with van der Waals surface area (Å²) in [5.41, 5.74) is 2.63. The minimum absolute atomic E-state index is 0.0420. The predicted molar refractivity (Wildman–Crippen MR) is 96.3 cm³/mol. The Labute approximate surface area is 147 Å². The largest absolute Gasteiger partial charge is 0.481 e. The fourth-order valence-electron chi connectivity index (χ4n) is 3.77. The van der Waals surface area contributed by atoms with Gasteiger partial charge in [-0.25, -0.2) is 0 Å². The van der Waals surface area contributed by atoms with E-state index >= 15 is 0 Å². The molecular weight excluding hydrogens is 316 g/mol. The Balaban J connectivity index is 1.82. The van der Waals surface area contributed by atoms with Gasteiger partial charge in [0.15, 0.2) is 0 Å². The lowest BCUT2D eigenvalue weighted by Gasteiger charge is -2.17. The van der Waals surface area contributed by atoms with Crippen LogP contribution in [-0.4, -0.2) is 39.5 Å². The van der Waals surface area contributed by atoms with Crippen molar-refractivity contribution in [2.24, 2.45) is 18.9 Å². The molecule has 1 aliphatic heterocycles. The SMILES string of the molecule is CCC[C@@H]1CN(C(=O)c2ccc(-c3ccccc3)n2C)C[C@H]1C(=O)O. The van der Waals surface area contributed by atoms with E-state index in [4.69, 9.17) is 0 Å². The van der Waals surface area contributed by atoms with E-state index in [0.29, 0.717) is 18.8 Å². The second kappa shape index (κ2) is 7.13. The van der Waals surface area contributed by atoms with Gasteiger partial charge < -0.3 is 14.6 Å². The highest BCUT2D eigenvalue weighted by atomic mass is 16.4. The van der Waals surface area contributed by atoms with Gasteiger partial charge in [-0.1, -0.05) is 43.7 Å². The minimum atomic E-state index is -0.800. The summed E-state index contributed by atoms with van der Waals surface area (Å²) in [6.45, 7) is 2.87. The van der Waals surface area contributed by atoms with Crippen molar-refractivity contribution in [1.82, 2.24) is 9.47 Å². The maximum atomic E-state index is 12.9. The number of carbonyl (C=O) groups excluding carboxylic acids is 1. The Hall–Kier alpha value is -2.56. The van der Waals surface area contributed by atoms with Crippen LogP contribution in [0.3, 0.4) is 0 Å². The van der Waals surface area contributed by atoms with E-state index in [1.54, 1.807) is 4.90 Å². The summed E-state index contributed by atoms with van der Waals surface area (Å²) in [6, 6.07) is 13.7. The highest BCUT2D eigenvalue weighted by Crippen LogP contribution is 2.30. The molecule has 0 unspecified atom stereocenters. The summed E-state index contributed by atoms with van der Waals surface area (Å²) in [5.74, 6) is -1.31. The summed E-state index contributed by atoms with van der Waals surface area (Å²) in [7, 11) is 1.88. The lowest BCUT2D eigenvalue weighted by Crippen LogP contribution is -2.31. The number of benzene rings is 1. The van der Waals surface area contributed by atoms with Crippen molar-refractivity contribution in [1.29, 1.82) is 0 Å². The van der Waals surface area contributed by atoms with E-state index in [-0.39, 0.29) is 11.8 Å². The predicted octanol–water partition coefficient (Wildman–Crippen LogP) is 3.27. The Morgan fingerprint density at radius 2 is 1.84 bits per heavy atom. The van der Waals surface area contributed by atoms with Gasteiger partial charge in [0.1, 0.15) is 5.69 Å². The first-order valence-corrected chi connectivity index (χ1v) is 8.76. The number of hydrogen-bond acceptors (Lipinski definition) is 2. The molecule has 1 aromatic carbocycles. The van der Waals surface area contributed by atoms with E-state index in [2.05, 4.69) is 0 Å². The molecule has 0 radical (unpaired) electrons. The van der Waals surface area contributed by atoms with Crippen LogP contribution in [0.1, 0.15) is 30.3 Å². The van der Waals surface area contributed by atoms with Crippen LogP contribution >= 0.6 is 0 Å². The van der Waals surface area contributed by atoms with E-state index < -0.39 is 11.9 Å². The highest BCUT2D eigenvalue weighted by molar-refractivity contribution is 5.94. The molecule has 132 valence electrons. The average Bonchev–Trinajstić information content (AvgIpc) is 3.19. The van der Waals surface area contributed by atoms with Gasteiger partial charge >= 0.3 is 5.97 Å². The number of aromatic nitrogens is 1. The molecule has 1 amide bonds. The number of rotatable bonds is 5. The van der Waals surface area contributed by atoms with Crippen molar-refractivity contribution >= 4 is 11.9 Å². The van der Waals surface area contributed by atoms with E-state index in [9.17, 15) is 14.7 Å². The molecule has 1 saturated heterocycles. The first-order valence-electron chi connectivity index (χ1n) is 8.76. The van der Waals surface area contributed by atoms with Gasteiger partial charge in [-0.3, -0.25) is 9.59 Å². The molecule has 0 saturated carbocycles. The van der Waals surface area contributed by atoms with Gasteiger partial charge in [0.25, 0.3) is 5.91 Å². The first-order chi connectivity index (χ1) is 12.0. The molecule has 1 N–H and O–H groups in total. The number of amides is 1. The fraction of sp³-hybridized carbons (Fsp3) is 0.400. The number of likely N-dealkylation sites (tertiary alicyclic amines) is 1. The van der Waals surface area contributed by atoms with Crippen molar-refractivity contribution in [3.05, 3.63) is 48.2 Å². The molecule has 1 fully saturated rings. The van der Waals surface area contributed by atoms with E-state index in [0.717, 1.165) is 24.1 Å². The minimum Gasteiger partial charge on any atom is -0.481 e. The van der Waals surface area contributed by atoms with Crippen LogP contribution < -0.4 is 0 Å². The number of hydrogen-bond donors (Lipinski definition) is 1. The Morgan fingerprint density at radius 1 is 1.12 bits per heavy atom. The number of nitrogens with zero attached hydrogens (tertiary/aromatic N) is 2. The van der Waals surface area contributed by atoms with Gasteiger partial charge in [0.2, 0.25) is 0 Å². The van der Waals surface area contributed by atoms with Gasteiger partial charge in [0.05, 0.1) is 5.92 Å². The number of carboxylic acids is 1. The van der Waals surface area contributed by atoms with Crippen molar-refractivity contribution in [3.63, 3.8) is 0 Å². The molecule has 2 heterocycles. The molecule has 5 heteroatoms. The van der Waals surface area contributed by atoms with Gasteiger partial charge in [-0.05, 0) is 30.0 Å². The molecule has 1 aromatic heterocycles. The number of aliphatic carboxylic acids is 1. The molecule has 2 aromatic rings. The second-order valence-electron chi connectivity index (χ2n) is 6.73. The molecular formula is C20H24N2O3. The normalized spacial score (nSPS) is 20.0. The Kier molecular flexibility index (Phi) is 4.93. The average molecular weight is 340 g/mol. The number of carboxylic acid groups (broad SMARTS) is 1. The molecule has 25 heavy (non-hydrogen) atoms. The topological polar surface area (TPSA) is 62.5 Å². The fourth-order valence-corrected chi connectivity index (χ4v) is 3.77. The lowest BCUT2D eigenvalue weighted by molar-refractivity contribution is -0.142. The summed E-state index contributed by atoms with van der Waals surface area (Å²) in [4.78, 5) is 26.1. The molecule has 0 bridgehead atoms. The summed E-state index contributed by atoms with van der Waals surface area (Å²) in [5, 5.41) is 9.44. The first kappa shape index (κ1) is 17.3. The van der Waals surface area contributed by atoms with Crippen LogP contribution in [0, 0.1) is 11.8 Å². The van der Waals surface area contributed by atoms with Crippen molar-refractivity contribution in [2.75, 3.05) is 13.1 Å². The maximum absolute atomic E-state index is 12.9. The van der Waals surface area contributed by atoms with Crippen molar-refractivity contribution in [3.8, 4) is 11.3 Å². The zero-order chi connectivity index (χ0) is 18.0. The summed E-state index contributed by atoms with van der Waals surface area (Å²) >= 11 is 0. The molecule has 2 atom stereocenters. The van der Waals surface area contributed by atoms with Crippen molar-refractivity contribution < 1.29 is 14.7 Å². The molecule has 0 aliphatic carbocycles. The maximum Gasteiger partial charge on any atom is 0.308 e. The zero-order valence-electron chi connectivity index (χ0n) is 14.7. The Morgan fingerprint density at radius 3 is 2.48 bits per heavy atom. The summed E-state index contributed by atoms with van der Waals surface area (Å²) in [6.07, 6.45) is 1.77. The second-order valence-corrected chi connectivity index (χ2v) is 6.73. The van der Waals surface area contributed by atoms with Gasteiger partial charge in [-0.15, -0.1) is 0 Å². The third-order valence-electron chi connectivity index (χ3n) is 5.12. The molecule has 0 spiro atoms. The highest BCUT2D eigenvalue weighted by Gasteiger charge is 2.39. The molecule has 3 rings (SSSR count). The third kappa shape index (κ3) is 3.31. The van der Waals surface area contributed by atoms with E-state index in [1.165, 1.54) is 0 Å². The van der Waals surface area contributed by atoms with Gasteiger partial charge in [-0.2, -0.15) is 0 Å². The van der Waals surface area contributed by atoms with Gasteiger partial charge in [0, 0.05) is 25.8 Å². The zero-order valence-corrected chi connectivity index (χ0v) is 14.7. The molecule has 5 nitrogen and oxygen atoms in total. The lowest BCUT2D eigenvalue weighted by atomic mass is 9.92. The van der Waals surface area contributed by atoms with Crippen LogP contribution in [0.4, 0.5) is 0 Å². The third-order valence-corrected chi connectivity index (χ3v) is 5.12. The van der Waals surface area contributed by atoms with Crippen LogP contribution in [0.2, 0.25) is 0 Å².